The van der Waals surface area contributed by atoms with E-state index < -0.39 is 0 Å². The van der Waals surface area contributed by atoms with Crippen molar-refractivity contribution in [3.8, 4) is 0 Å². The zero-order valence-electron chi connectivity index (χ0n) is 8.80. The first kappa shape index (κ1) is 11.1. The van der Waals surface area contributed by atoms with E-state index in [9.17, 15) is 5.11 Å². The Morgan fingerprint density at radius 2 is 2.53 bits per heavy atom. The number of nitrogens with zero attached hydrogens (tertiary/aromatic N) is 1. The van der Waals surface area contributed by atoms with Crippen molar-refractivity contribution >= 4 is 11.3 Å². The average molecular weight is 226 g/mol. The Morgan fingerprint density at radius 3 is 3.13 bits per heavy atom. The Hall–Kier alpha value is -0.420. The number of β-amino-alcohol motifs (C(OH)–C–C–N with tert-alkyl or cyclic N) is 1. The van der Waals surface area contributed by atoms with Crippen molar-refractivity contribution in [3.05, 3.63) is 22.4 Å². The van der Waals surface area contributed by atoms with E-state index in [1.165, 1.54) is 5.56 Å². The van der Waals surface area contributed by atoms with E-state index in [1.807, 2.05) is 0 Å². The van der Waals surface area contributed by atoms with Gasteiger partial charge in [-0.15, -0.1) is 0 Å². The van der Waals surface area contributed by atoms with Crippen molar-refractivity contribution in [1.29, 1.82) is 0 Å². The molecule has 2 unspecified atom stereocenters. The van der Waals surface area contributed by atoms with Crippen LogP contribution in [0.15, 0.2) is 16.8 Å². The van der Waals surface area contributed by atoms with E-state index in [0.717, 1.165) is 25.9 Å². The van der Waals surface area contributed by atoms with Gasteiger partial charge in [0.1, 0.15) is 0 Å². The second-order valence-corrected chi connectivity index (χ2v) is 4.88. The summed E-state index contributed by atoms with van der Waals surface area (Å²) in [7, 11) is 0. The first-order chi connectivity index (χ1) is 7.31. The van der Waals surface area contributed by atoms with Gasteiger partial charge in [0.25, 0.3) is 0 Å². The Balaban J connectivity index is 2.06. The number of likely N-dealkylation sites (tertiary alicyclic amines) is 1. The maximum absolute atomic E-state index is 9.64. The summed E-state index contributed by atoms with van der Waals surface area (Å²) in [4.78, 5) is 2.30. The van der Waals surface area contributed by atoms with Gasteiger partial charge in [-0.25, -0.2) is 0 Å². The van der Waals surface area contributed by atoms with Gasteiger partial charge in [0.05, 0.1) is 6.10 Å². The number of thiophene rings is 1. The highest BCUT2D eigenvalue weighted by molar-refractivity contribution is 7.07. The van der Waals surface area contributed by atoms with Gasteiger partial charge in [0.15, 0.2) is 0 Å². The molecule has 2 heterocycles. The Morgan fingerprint density at radius 1 is 1.67 bits per heavy atom. The van der Waals surface area contributed by atoms with Crippen LogP contribution in [0.5, 0.6) is 0 Å². The number of nitrogens with two attached hydrogens (primary N) is 1. The summed E-state index contributed by atoms with van der Waals surface area (Å²) < 4.78 is 0. The number of aliphatic hydroxyl groups is 1. The van der Waals surface area contributed by atoms with E-state index >= 15 is 0 Å². The number of aliphatic hydroxyl groups excluding tert-OH is 1. The standard InChI is InChI=1S/C11H18N2OS/c12-6-11(9-3-5-15-8-9)13-4-1-2-10(14)7-13/h3,5,8,10-11,14H,1-2,4,6-7,12H2. The lowest BCUT2D eigenvalue weighted by Gasteiger charge is -2.35. The molecule has 1 aliphatic rings. The van der Waals surface area contributed by atoms with Crippen LogP contribution in [0.1, 0.15) is 24.4 Å². The van der Waals surface area contributed by atoms with E-state index in [1.54, 1.807) is 11.3 Å². The van der Waals surface area contributed by atoms with Crippen molar-refractivity contribution in [1.82, 2.24) is 4.90 Å². The molecule has 1 saturated heterocycles. The van der Waals surface area contributed by atoms with Crippen LogP contribution >= 0.6 is 11.3 Å². The predicted molar refractivity (Wildman–Crippen MR) is 62.9 cm³/mol. The zero-order valence-corrected chi connectivity index (χ0v) is 9.62. The predicted octanol–water partition coefficient (Wildman–Crippen LogP) is 1.20. The first-order valence-corrected chi connectivity index (χ1v) is 6.40. The molecule has 4 heteroatoms. The molecule has 1 aliphatic heterocycles. The third-order valence-corrected chi connectivity index (χ3v) is 3.72. The Labute approximate surface area is 94.5 Å². The molecule has 84 valence electrons. The van der Waals surface area contributed by atoms with Crippen LogP contribution in [0.2, 0.25) is 0 Å². The molecular formula is C11H18N2OS. The van der Waals surface area contributed by atoms with Crippen LogP contribution in [0.3, 0.4) is 0 Å². The Kier molecular flexibility index (Phi) is 3.75. The number of piperidine rings is 1. The number of hydrogen-bond donors (Lipinski definition) is 2. The number of hydrogen-bond acceptors (Lipinski definition) is 4. The molecule has 0 amide bonds. The number of rotatable bonds is 3. The fourth-order valence-electron chi connectivity index (χ4n) is 2.23. The van der Waals surface area contributed by atoms with Crippen LogP contribution in [-0.2, 0) is 0 Å². The molecule has 0 bridgehead atoms. The molecule has 2 atom stereocenters. The molecule has 3 nitrogen and oxygen atoms in total. The fraction of sp³-hybridized carbons (Fsp3) is 0.636. The van der Waals surface area contributed by atoms with Crippen LogP contribution in [0.25, 0.3) is 0 Å². The molecule has 0 aliphatic carbocycles. The molecular weight excluding hydrogens is 208 g/mol. The lowest BCUT2D eigenvalue weighted by atomic mass is 10.0. The van der Waals surface area contributed by atoms with Crippen molar-refractivity contribution in [2.75, 3.05) is 19.6 Å². The SMILES string of the molecule is NCC(c1ccsc1)N1CCCC(O)C1. The highest BCUT2D eigenvalue weighted by Crippen LogP contribution is 2.25. The molecule has 0 aromatic carbocycles. The average Bonchev–Trinajstić information content (AvgIpc) is 2.72. The second-order valence-electron chi connectivity index (χ2n) is 4.10. The van der Waals surface area contributed by atoms with Gasteiger partial charge in [0.2, 0.25) is 0 Å². The topological polar surface area (TPSA) is 49.5 Å². The third-order valence-electron chi connectivity index (χ3n) is 3.02. The van der Waals surface area contributed by atoms with Gasteiger partial charge < -0.3 is 10.8 Å². The minimum absolute atomic E-state index is 0.175. The third kappa shape index (κ3) is 2.58. The highest BCUT2D eigenvalue weighted by atomic mass is 32.1. The zero-order chi connectivity index (χ0) is 10.7. The molecule has 2 rings (SSSR count). The maximum Gasteiger partial charge on any atom is 0.0667 e. The lowest BCUT2D eigenvalue weighted by Crippen LogP contribution is -2.42. The molecule has 15 heavy (non-hydrogen) atoms. The molecule has 0 spiro atoms. The summed E-state index contributed by atoms with van der Waals surface area (Å²) in [6, 6.07) is 2.41. The van der Waals surface area contributed by atoms with Crippen LogP contribution in [0.4, 0.5) is 0 Å². The van der Waals surface area contributed by atoms with E-state index in [-0.39, 0.29) is 12.1 Å². The molecule has 1 aromatic heterocycles. The summed E-state index contributed by atoms with van der Waals surface area (Å²) in [5.74, 6) is 0. The lowest BCUT2D eigenvalue weighted by molar-refractivity contribution is 0.0481. The van der Waals surface area contributed by atoms with Crippen molar-refractivity contribution in [2.24, 2.45) is 5.73 Å². The molecule has 0 saturated carbocycles. The minimum Gasteiger partial charge on any atom is -0.392 e. The molecule has 1 fully saturated rings. The summed E-state index contributed by atoms with van der Waals surface area (Å²) in [6.07, 6.45) is 1.82. The molecule has 1 aromatic rings. The van der Waals surface area contributed by atoms with Gasteiger partial charge in [-0.3, -0.25) is 4.90 Å². The molecule has 3 N–H and O–H groups in total. The van der Waals surface area contributed by atoms with E-state index in [4.69, 9.17) is 5.73 Å². The van der Waals surface area contributed by atoms with Gasteiger partial charge in [0, 0.05) is 19.1 Å². The van der Waals surface area contributed by atoms with Crippen LogP contribution in [0, 0.1) is 0 Å². The quantitative estimate of drug-likeness (QED) is 0.814. The smallest absolute Gasteiger partial charge is 0.0667 e. The summed E-state index contributed by atoms with van der Waals surface area (Å²) in [6.45, 7) is 2.44. The van der Waals surface area contributed by atoms with E-state index in [0.29, 0.717) is 6.54 Å². The highest BCUT2D eigenvalue weighted by Gasteiger charge is 2.24. The summed E-state index contributed by atoms with van der Waals surface area (Å²) in [5.41, 5.74) is 7.11. The summed E-state index contributed by atoms with van der Waals surface area (Å²) in [5, 5.41) is 13.9. The summed E-state index contributed by atoms with van der Waals surface area (Å²) >= 11 is 1.70. The molecule has 0 radical (unpaired) electrons. The van der Waals surface area contributed by atoms with Gasteiger partial charge in [-0.1, -0.05) is 0 Å². The van der Waals surface area contributed by atoms with Crippen molar-refractivity contribution < 1.29 is 5.11 Å². The van der Waals surface area contributed by atoms with Crippen LogP contribution < -0.4 is 5.73 Å². The van der Waals surface area contributed by atoms with Gasteiger partial charge in [-0.2, -0.15) is 11.3 Å². The van der Waals surface area contributed by atoms with Crippen molar-refractivity contribution in [2.45, 2.75) is 25.0 Å². The van der Waals surface area contributed by atoms with Gasteiger partial charge in [-0.05, 0) is 41.8 Å². The largest absolute Gasteiger partial charge is 0.392 e. The minimum atomic E-state index is -0.175. The van der Waals surface area contributed by atoms with E-state index in [2.05, 4.69) is 21.7 Å². The maximum atomic E-state index is 9.64. The first-order valence-electron chi connectivity index (χ1n) is 5.45. The second kappa shape index (κ2) is 5.07. The van der Waals surface area contributed by atoms with Gasteiger partial charge >= 0.3 is 0 Å². The van der Waals surface area contributed by atoms with Crippen molar-refractivity contribution in [3.63, 3.8) is 0 Å². The van der Waals surface area contributed by atoms with Crippen LogP contribution in [-0.4, -0.2) is 35.7 Å². The Bertz CT molecular complexity index is 289. The fourth-order valence-corrected chi connectivity index (χ4v) is 2.93. The monoisotopic (exact) mass is 226 g/mol. The normalized spacial score (nSPS) is 25.3.